The minimum atomic E-state index is -4.49. The van der Waals surface area contributed by atoms with Crippen molar-refractivity contribution in [3.63, 3.8) is 0 Å². The first-order valence-corrected chi connectivity index (χ1v) is 9.56. The summed E-state index contributed by atoms with van der Waals surface area (Å²) in [5, 5.41) is 0.805. The van der Waals surface area contributed by atoms with Crippen LogP contribution in [0.1, 0.15) is 24.5 Å². The number of hydrogen-bond acceptors (Lipinski definition) is 4. The lowest BCUT2D eigenvalue weighted by Crippen LogP contribution is -2.34. The number of alkyl halides is 3. The highest BCUT2D eigenvalue weighted by Gasteiger charge is 2.32. The van der Waals surface area contributed by atoms with Crippen LogP contribution in [0.5, 0.6) is 5.75 Å². The molecule has 1 N–H and O–H groups in total. The van der Waals surface area contributed by atoms with Gasteiger partial charge in [0.1, 0.15) is 0 Å². The molecule has 9 heteroatoms. The Balaban J connectivity index is 1.72. The number of piperidine rings is 1. The minimum Gasteiger partial charge on any atom is -0.492 e. The topological polar surface area (TPSA) is 54.0 Å². The van der Waals surface area contributed by atoms with Gasteiger partial charge >= 0.3 is 6.18 Å². The second kappa shape index (κ2) is 7.72. The number of anilines is 1. The maximum atomic E-state index is 14.6. The van der Waals surface area contributed by atoms with Crippen molar-refractivity contribution in [2.75, 3.05) is 25.1 Å². The van der Waals surface area contributed by atoms with Crippen LogP contribution in [0.4, 0.5) is 23.5 Å². The van der Waals surface area contributed by atoms with Crippen molar-refractivity contribution >= 4 is 22.4 Å². The highest BCUT2D eigenvalue weighted by Crippen LogP contribution is 2.37. The molecule has 162 valence electrons. The number of hydrogen-bond donors (Lipinski definition) is 1. The summed E-state index contributed by atoms with van der Waals surface area (Å²) in [5.41, 5.74) is 2.95. The lowest BCUT2D eigenvalue weighted by molar-refractivity contribution is -0.138. The zero-order valence-corrected chi connectivity index (χ0v) is 17.0. The quantitative estimate of drug-likeness (QED) is 0.566. The summed E-state index contributed by atoms with van der Waals surface area (Å²) in [7, 11) is 1.41. The number of rotatable bonds is 3. The van der Waals surface area contributed by atoms with Crippen LogP contribution in [-0.2, 0) is 6.18 Å². The molecule has 3 heterocycles. The fraction of sp³-hybridized carbons (Fsp3) is 0.273. The molecule has 0 bridgehead atoms. The molecule has 1 aromatic carbocycles. The fourth-order valence-electron chi connectivity index (χ4n) is 3.83. The van der Waals surface area contributed by atoms with E-state index < -0.39 is 17.6 Å². The Labute approximate surface area is 176 Å². The molecule has 1 aliphatic heterocycles. The normalized spacial score (nSPS) is 16.7. The largest absolute Gasteiger partial charge is 0.492 e. The maximum absolute atomic E-state index is 14.6. The van der Waals surface area contributed by atoms with Gasteiger partial charge in [0.05, 0.1) is 18.2 Å². The molecule has 4 rings (SSSR count). The average Bonchev–Trinajstić information content (AvgIpc) is 3.22. The van der Waals surface area contributed by atoms with Crippen molar-refractivity contribution in [3.05, 3.63) is 65.4 Å². The third-order valence-corrected chi connectivity index (χ3v) is 5.52. The molecule has 5 nitrogen and oxygen atoms in total. The van der Waals surface area contributed by atoms with Gasteiger partial charge in [0.25, 0.3) is 0 Å². The number of aromatic nitrogens is 3. The molecule has 0 saturated carbocycles. The third-order valence-electron chi connectivity index (χ3n) is 5.52. The monoisotopic (exact) mass is 432 g/mol. The summed E-state index contributed by atoms with van der Waals surface area (Å²) >= 11 is 0. The van der Waals surface area contributed by atoms with E-state index in [1.165, 1.54) is 13.2 Å². The lowest BCUT2D eigenvalue weighted by atomic mass is 9.90. The molecule has 0 spiro atoms. The molecule has 0 aliphatic carbocycles. The molecule has 3 aromatic rings. The lowest BCUT2D eigenvalue weighted by Gasteiger charge is -2.31. The summed E-state index contributed by atoms with van der Waals surface area (Å²) in [6.07, 6.45) is -0.622. The van der Waals surface area contributed by atoms with E-state index in [0.717, 1.165) is 34.5 Å². The SMILES string of the molecule is C=C1CCN(c2ncc(C(F)(F)F)cn2)C/C1=C(/C)c1cc(F)c(OC)c2[nH]ccc12. The highest BCUT2D eigenvalue weighted by atomic mass is 19.4. The van der Waals surface area contributed by atoms with Gasteiger partial charge < -0.3 is 14.6 Å². The van der Waals surface area contributed by atoms with E-state index in [-0.39, 0.29) is 11.7 Å². The second-order valence-corrected chi connectivity index (χ2v) is 7.35. The molecular weight excluding hydrogens is 412 g/mol. The van der Waals surface area contributed by atoms with Crippen molar-refractivity contribution in [1.82, 2.24) is 15.0 Å². The van der Waals surface area contributed by atoms with Crippen LogP contribution in [0.2, 0.25) is 0 Å². The zero-order valence-electron chi connectivity index (χ0n) is 17.0. The third kappa shape index (κ3) is 3.75. The number of fused-ring (bicyclic) bond motifs is 1. The van der Waals surface area contributed by atoms with E-state index in [4.69, 9.17) is 4.74 Å². The Kier molecular flexibility index (Phi) is 5.20. The van der Waals surface area contributed by atoms with Crippen molar-refractivity contribution in [2.45, 2.75) is 19.5 Å². The maximum Gasteiger partial charge on any atom is 0.419 e. The molecule has 31 heavy (non-hydrogen) atoms. The van der Waals surface area contributed by atoms with Crippen LogP contribution >= 0.6 is 0 Å². The number of H-pyrrole nitrogens is 1. The van der Waals surface area contributed by atoms with Crippen LogP contribution in [0.25, 0.3) is 16.5 Å². The Bertz CT molecular complexity index is 1180. The van der Waals surface area contributed by atoms with Crippen molar-refractivity contribution in [1.29, 1.82) is 0 Å². The predicted molar refractivity (Wildman–Crippen MR) is 110 cm³/mol. The van der Waals surface area contributed by atoms with Crippen LogP contribution in [0, 0.1) is 5.82 Å². The summed E-state index contributed by atoms with van der Waals surface area (Å²) in [6.45, 7) is 6.90. The fourth-order valence-corrected chi connectivity index (χ4v) is 3.83. The van der Waals surface area contributed by atoms with Crippen molar-refractivity contribution in [3.8, 4) is 5.75 Å². The number of allylic oxidation sites excluding steroid dienone is 1. The molecule has 0 unspecified atom stereocenters. The first kappa shape index (κ1) is 20.9. The van der Waals surface area contributed by atoms with Crippen LogP contribution in [0.3, 0.4) is 0 Å². The van der Waals surface area contributed by atoms with Gasteiger partial charge in [0.2, 0.25) is 5.95 Å². The Morgan fingerprint density at radius 1 is 1.26 bits per heavy atom. The first-order chi connectivity index (χ1) is 14.7. The first-order valence-electron chi connectivity index (χ1n) is 9.56. The molecule has 0 radical (unpaired) electrons. The van der Waals surface area contributed by atoms with Gasteiger partial charge in [-0.3, -0.25) is 0 Å². The van der Waals surface area contributed by atoms with Crippen LogP contribution in [0.15, 0.2) is 48.4 Å². The number of ether oxygens (including phenoxy) is 1. The summed E-state index contributed by atoms with van der Waals surface area (Å²) in [4.78, 5) is 12.6. The summed E-state index contributed by atoms with van der Waals surface area (Å²) in [6, 6.07) is 3.28. The van der Waals surface area contributed by atoms with E-state index in [1.54, 1.807) is 11.1 Å². The Hall–Kier alpha value is -3.36. The number of halogens is 4. The van der Waals surface area contributed by atoms with E-state index in [1.807, 2.05) is 13.0 Å². The van der Waals surface area contributed by atoms with Gasteiger partial charge in [0.15, 0.2) is 11.6 Å². The average molecular weight is 432 g/mol. The standard InChI is InChI=1S/C22H20F4N4O/c1-12-5-7-30(21-28-9-14(10-29-21)22(24,25)26)11-17(12)13(2)16-8-18(23)20(31-3)19-15(16)4-6-27-19/h4,6,8-10,27H,1,5,7,11H2,2-3H3/b17-13+. The molecule has 1 aliphatic rings. The van der Waals surface area contributed by atoms with Gasteiger partial charge in [-0.25, -0.2) is 14.4 Å². The smallest absolute Gasteiger partial charge is 0.419 e. The van der Waals surface area contributed by atoms with E-state index in [2.05, 4.69) is 21.5 Å². The molecule has 0 atom stereocenters. The zero-order chi connectivity index (χ0) is 22.3. The van der Waals surface area contributed by atoms with Gasteiger partial charge in [-0.05, 0) is 47.8 Å². The van der Waals surface area contributed by atoms with Gasteiger partial charge in [0, 0.05) is 37.1 Å². The number of benzene rings is 1. The minimum absolute atomic E-state index is 0.142. The van der Waals surface area contributed by atoms with Crippen LogP contribution < -0.4 is 9.64 Å². The number of methoxy groups -OCH3 is 1. The van der Waals surface area contributed by atoms with Crippen LogP contribution in [-0.4, -0.2) is 35.2 Å². The van der Waals surface area contributed by atoms with Gasteiger partial charge in [-0.2, -0.15) is 13.2 Å². The predicted octanol–water partition coefficient (Wildman–Crippen LogP) is 5.36. The molecule has 1 saturated heterocycles. The molecule has 2 aromatic heterocycles. The molecule has 1 fully saturated rings. The van der Waals surface area contributed by atoms with Crippen molar-refractivity contribution in [2.24, 2.45) is 0 Å². The van der Waals surface area contributed by atoms with Gasteiger partial charge in [-0.1, -0.05) is 6.58 Å². The number of nitrogens with zero attached hydrogens (tertiary/aromatic N) is 3. The molecular formula is C22H20F4N4O. The number of aromatic amines is 1. The molecule has 0 amide bonds. The van der Waals surface area contributed by atoms with E-state index in [0.29, 0.717) is 30.6 Å². The second-order valence-electron chi connectivity index (χ2n) is 7.35. The highest BCUT2D eigenvalue weighted by molar-refractivity contribution is 5.96. The summed E-state index contributed by atoms with van der Waals surface area (Å²) in [5.74, 6) is -0.140. The Morgan fingerprint density at radius 2 is 1.97 bits per heavy atom. The van der Waals surface area contributed by atoms with Crippen molar-refractivity contribution < 1.29 is 22.3 Å². The Morgan fingerprint density at radius 3 is 2.61 bits per heavy atom. The van der Waals surface area contributed by atoms with E-state index in [9.17, 15) is 17.6 Å². The number of nitrogens with one attached hydrogen (secondary N) is 1. The van der Waals surface area contributed by atoms with E-state index >= 15 is 0 Å². The van der Waals surface area contributed by atoms with Gasteiger partial charge in [-0.15, -0.1) is 0 Å². The summed E-state index contributed by atoms with van der Waals surface area (Å²) < 4.78 is 58.2.